The van der Waals surface area contributed by atoms with Crippen LogP contribution >= 0.6 is 0 Å². The van der Waals surface area contributed by atoms with Gasteiger partial charge in [-0.25, -0.2) is 19.4 Å². The fourth-order valence-electron chi connectivity index (χ4n) is 6.60. The molecule has 1 atom stereocenters. The van der Waals surface area contributed by atoms with E-state index in [9.17, 15) is 18.3 Å². The van der Waals surface area contributed by atoms with Crippen molar-refractivity contribution in [2.75, 3.05) is 29.9 Å². The van der Waals surface area contributed by atoms with Gasteiger partial charge in [-0.2, -0.15) is 8.42 Å². The zero-order valence-corrected chi connectivity index (χ0v) is 25.4. The largest absolute Gasteiger partial charge is 0.505 e. The first-order chi connectivity index (χ1) is 20.6. The molecule has 1 amide bonds. The molecule has 2 aliphatic heterocycles. The number of amides is 1. The van der Waals surface area contributed by atoms with E-state index in [1.807, 2.05) is 0 Å². The highest BCUT2D eigenvalue weighted by Gasteiger charge is 2.41. The first-order valence-corrected chi connectivity index (χ1v) is 16.6. The van der Waals surface area contributed by atoms with Gasteiger partial charge in [0.1, 0.15) is 11.6 Å². The summed E-state index contributed by atoms with van der Waals surface area (Å²) in [5.41, 5.74) is -0.234. The minimum absolute atomic E-state index is 0.102. The number of aromatic hydroxyl groups is 1. The molecule has 1 saturated heterocycles. The maximum atomic E-state index is 13.6. The fraction of sp³-hybridized carbons (Fsp3) is 0.533. The van der Waals surface area contributed by atoms with Crippen LogP contribution in [0.4, 0.5) is 11.6 Å². The number of rotatable bonds is 5. The van der Waals surface area contributed by atoms with Crippen LogP contribution in [-0.2, 0) is 10.0 Å². The Morgan fingerprint density at radius 3 is 2.70 bits per heavy atom. The number of sulfonamides is 1. The Kier molecular flexibility index (Phi) is 7.92. The molecule has 3 aromatic rings. The second kappa shape index (κ2) is 11.7. The topological polar surface area (TPSA) is 152 Å². The van der Waals surface area contributed by atoms with Crippen molar-refractivity contribution in [2.24, 2.45) is 11.8 Å². The van der Waals surface area contributed by atoms with Crippen molar-refractivity contribution < 1.29 is 23.1 Å². The van der Waals surface area contributed by atoms with Gasteiger partial charge in [-0.05, 0) is 75.6 Å². The molecule has 6 rings (SSSR count). The van der Waals surface area contributed by atoms with E-state index in [1.54, 1.807) is 29.1 Å². The lowest BCUT2D eigenvalue weighted by Gasteiger charge is -2.34. The smallest absolute Gasteiger partial charge is 0.285 e. The lowest BCUT2D eigenvalue weighted by Crippen LogP contribution is -2.41. The normalized spacial score (nSPS) is 21.8. The van der Waals surface area contributed by atoms with Crippen molar-refractivity contribution >= 4 is 27.6 Å². The summed E-state index contributed by atoms with van der Waals surface area (Å²) in [6.07, 6.45) is 10.6. The van der Waals surface area contributed by atoms with Gasteiger partial charge in [-0.1, -0.05) is 25.7 Å². The van der Waals surface area contributed by atoms with Gasteiger partial charge in [0, 0.05) is 30.9 Å². The average Bonchev–Trinajstić information content (AvgIpc) is 3.71. The lowest BCUT2D eigenvalue weighted by atomic mass is 9.93. The number of anilines is 2. The summed E-state index contributed by atoms with van der Waals surface area (Å²) in [6.45, 7) is 6.08. The Balaban J connectivity index is 1.33. The van der Waals surface area contributed by atoms with Crippen LogP contribution in [0, 0.1) is 11.8 Å². The van der Waals surface area contributed by atoms with Gasteiger partial charge in [-0.15, -0.1) is 5.10 Å². The number of ether oxygens (including phenoxy) is 1. The van der Waals surface area contributed by atoms with E-state index in [-0.39, 0.29) is 11.1 Å². The summed E-state index contributed by atoms with van der Waals surface area (Å²) in [5.74, 6) is 1.32. The second-order valence-corrected chi connectivity index (χ2v) is 14.0. The molecule has 2 fully saturated rings. The molecule has 5 heterocycles. The van der Waals surface area contributed by atoms with E-state index in [0.29, 0.717) is 48.9 Å². The number of nitrogens with one attached hydrogen (secondary N) is 2. The average molecular weight is 610 g/mol. The van der Waals surface area contributed by atoms with E-state index >= 15 is 0 Å². The van der Waals surface area contributed by atoms with Gasteiger partial charge in [-0.3, -0.25) is 4.79 Å². The zero-order chi connectivity index (χ0) is 30.2. The minimum atomic E-state index is -4.50. The molecule has 0 unspecified atom stereocenters. The summed E-state index contributed by atoms with van der Waals surface area (Å²) in [7, 11) is -4.50. The van der Waals surface area contributed by atoms with Crippen molar-refractivity contribution in [2.45, 2.75) is 75.8 Å². The summed E-state index contributed by atoms with van der Waals surface area (Å²) in [5, 5.41) is 17.4. The van der Waals surface area contributed by atoms with Gasteiger partial charge in [0.25, 0.3) is 15.9 Å². The molecule has 4 bridgehead atoms. The lowest BCUT2D eigenvalue weighted by molar-refractivity contribution is 0.0981. The third-order valence-corrected chi connectivity index (χ3v) is 10.1. The molecular weight excluding hydrogens is 570 g/mol. The maximum Gasteiger partial charge on any atom is 0.285 e. The Morgan fingerprint density at radius 2 is 1.88 bits per heavy atom. The molecule has 3 aliphatic rings. The number of carbonyl (C=O) groups excluding carboxylic acids is 1. The molecule has 0 radical (unpaired) electrons. The Hall–Kier alpha value is -3.87. The van der Waals surface area contributed by atoms with Crippen LogP contribution in [0.25, 0.3) is 5.82 Å². The number of carbonyl (C=O) groups is 1. The van der Waals surface area contributed by atoms with Crippen LogP contribution in [0.1, 0.15) is 75.6 Å². The summed E-state index contributed by atoms with van der Waals surface area (Å²) in [4.78, 5) is 24.7. The first-order valence-electron chi connectivity index (χ1n) is 15.1. The van der Waals surface area contributed by atoms with Crippen LogP contribution in [-0.4, -0.2) is 64.4 Å². The molecule has 1 saturated carbocycles. The highest BCUT2D eigenvalue weighted by Crippen LogP contribution is 2.40. The number of aromatic nitrogens is 4. The fourth-order valence-corrected chi connectivity index (χ4v) is 7.62. The van der Waals surface area contributed by atoms with E-state index in [2.05, 4.69) is 38.9 Å². The molecule has 230 valence electrons. The van der Waals surface area contributed by atoms with Gasteiger partial charge in [0.15, 0.2) is 11.6 Å². The highest BCUT2D eigenvalue weighted by molar-refractivity contribution is 7.90. The van der Waals surface area contributed by atoms with E-state index in [1.165, 1.54) is 37.8 Å². The first kappa shape index (κ1) is 29.2. The van der Waals surface area contributed by atoms with Crippen LogP contribution in [0.15, 0.2) is 41.6 Å². The summed E-state index contributed by atoms with van der Waals surface area (Å²) < 4.78 is 36.1. The number of hydrogen-bond donors (Lipinski definition) is 3. The Labute approximate surface area is 251 Å². The third-order valence-electron chi connectivity index (χ3n) is 8.79. The Morgan fingerprint density at radius 1 is 1.07 bits per heavy atom. The van der Waals surface area contributed by atoms with Gasteiger partial charge in [0.05, 0.1) is 12.2 Å². The van der Waals surface area contributed by atoms with E-state index < -0.39 is 26.7 Å². The van der Waals surface area contributed by atoms with Crippen molar-refractivity contribution in [1.29, 1.82) is 0 Å². The van der Waals surface area contributed by atoms with Crippen molar-refractivity contribution in [3.8, 4) is 17.4 Å². The van der Waals surface area contributed by atoms with Crippen LogP contribution in [0.2, 0.25) is 0 Å². The predicted octanol–water partition coefficient (Wildman–Crippen LogP) is 4.26. The zero-order valence-electron chi connectivity index (χ0n) is 24.6. The molecule has 0 spiro atoms. The van der Waals surface area contributed by atoms with E-state index in [0.717, 1.165) is 31.6 Å². The standard InChI is InChI=1S/C30H39N7O5S/c1-30(2)18-21-8-5-15-31-24-11-10-23(38)29(32-24)43(40,41)35-28(39)22-9-12-25(33-27(22)36(30)19-21)37-16-13-26(34-37)42-17-14-20-6-3-4-7-20/h9-13,16,20-21,38H,3-8,14-15,17-19H2,1-2H3,(H,31,32)(H,35,39)/t21-/m0/s1. The second-order valence-electron chi connectivity index (χ2n) is 12.4. The van der Waals surface area contributed by atoms with Crippen LogP contribution in [0.5, 0.6) is 11.6 Å². The molecule has 12 nitrogen and oxygen atoms in total. The number of pyridine rings is 2. The van der Waals surface area contributed by atoms with E-state index in [4.69, 9.17) is 9.72 Å². The van der Waals surface area contributed by atoms with Crippen molar-refractivity contribution in [1.82, 2.24) is 24.5 Å². The van der Waals surface area contributed by atoms with Gasteiger partial charge < -0.3 is 20.1 Å². The van der Waals surface area contributed by atoms with Crippen molar-refractivity contribution in [3.63, 3.8) is 0 Å². The molecule has 1 aliphatic carbocycles. The molecular formula is C30H39N7O5S. The molecule has 13 heteroatoms. The number of hydrogen-bond acceptors (Lipinski definition) is 10. The van der Waals surface area contributed by atoms with Crippen LogP contribution < -0.4 is 19.7 Å². The summed E-state index contributed by atoms with van der Waals surface area (Å²) >= 11 is 0. The third kappa shape index (κ3) is 6.27. The monoisotopic (exact) mass is 609 g/mol. The minimum Gasteiger partial charge on any atom is -0.505 e. The predicted molar refractivity (Wildman–Crippen MR) is 161 cm³/mol. The SMILES string of the molecule is CC1(C)C[C@@H]2CCCNc3ccc(O)c(n3)S(=O)(=O)NC(=O)c3ccc(-n4ccc(OCCC5CCCC5)n4)nc3N1C2. The quantitative estimate of drug-likeness (QED) is 0.383. The number of nitrogens with zero attached hydrogens (tertiary/aromatic N) is 5. The molecule has 0 aromatic carbocycles. The molecule has 43 heavy (non-hydrogen) atoms. The van der Waals surface area contributed by atoms with Gasteiger partial charge >= 0.3 is 0 Å². The Bertz CT molecular complexity index is 1600. The van der Waals surface area contributed by atoms with Gasteiger partial charge in [0.2, 0.25) is 10.9 Å². The molecule has 3 aromatic heterocycles. The van der Waals surface area contributed by atoms with Crippen LogP contribution in [0.3, 0.4) is 0 Å². The maximum absolute atomic E-state index is 13.6. The molecule has 3 N–H and O–H groups in total. The van der Waals surface area contributed by atoms with Crippen molar-refractivity contribution in [3.05, 3.63) is 42.1 Å². The highest BCUT2D eigenvalue weighted by atomic mass is 32.2. The number of fused-ring (bicyclic) bond motifs is 6. The summed E-state index contributed by atoms with van der Waals surface area (Å²) in [6, 6.07) is 7.76.